The highest BCUT2D eigenvalue weighted by molar-refractivity contribution is 5.51. The number of nitrogens with one attached hydrogen (secondary N) is 1. The van der Waals surface area contributed by atoms with Gasteiger partial charge in [-0.1, -0.05) is 0 Å². The number of nitrogens with zero attached hydrogens (tertiary/aromatic N) is 2. The largest absolute Gasteiger partial charge is 0.420 e. The van der Waals surface area contributed by atoms with Crippen LogP contribution < -0.4 is 5.32 Å². The summed E-state index contributed by atoms with van der Waals surface area (Å²) in [6.07, 6.45) is -3.34. The highest BCUT2D eigenvalue weighted by Crippen LogP contribution is 2.36. The van der Waals surface area contributed by atoms with E-state index in [9.17, 15) is 23.3 Å². The molecular weight excluding hydrogens is 267 g/mol. The fourth-order valence-electron chi connectivity index (χ4n) is 1.73. The second kappa shape index (κ2) is 5.00. The van der Waals surface area contributed by atoms with E-state index in [0.29, 0.717) is 19.1 Å². The number of anilines is 1. The summed E-state index contributed by atoms with van der Waals surface area (Å²) < 4.78 is 43.5. The fraction of sp³-hybridized carbons (Fsp3) is 0.500. The lowest BCUT2D eigenvalue weighted by Gasteiger charge is -2.16. The Morgan fingerprint density at radius 3 is 2.79 bits per heavy atom. The Kier molecular flexibility index (Phi) is 3.56. The van der Waals surface area contributed by atoms with Gasteiger partial charge < -0.3 is 10.1 Å². The average Bonchev–Trinajstić information content (AvgIpc) is 2.80. The topological polar surface area (TPSA) is 77.3 Å². The third-order valence-electron chi connectivity index (χ3n) is 2.66. The zero-order valence-electron chi connectivity index (χ0n) is 9.61. The summed E-state index contributed by atoms with van der Waals surface area (Å²) in [5.74, 6) is -0.409. The van der Waals surface area contributed by atoms with Gasteiger partial charge in [0.1, 0.15) is 17.6 Å². The van der Waals surface area contributed by atoms with Crippen LogP contribution in [-0.2, 0) is 10.9 Å². The molecule has 9 heteroatoms. The van der Waals surface area contributed by atoms with Crippen LogP contribution in [-0.4, -0.2) is 29.2 Å². The SMILES string of the molecule is O=[N+]([O-])c1cnc(NC2CCOC2)c(C(F)(F)F)c1. The van der Waals surface area contributed by atoms with Crippen LogP contribution in [0.1, 0.15) is 12.0 Å². The third-order valence-corrected chi connectivity index (χ3v) is 2.66. The zero-order valence-corrected chi connectivity index (χ0v) is 9.61. The number of rotatable bonds is 3. The van der Waals surface area contributed by atoms with Crippen molar-refractivity contribution in [3.8, 4) is 0 Å². The molecule has 0 saturated carbocycles. The van der Waals surface area contributed by atoms with E-state index in [4.69, 9.17) is 4.74 Å². The van der Waals surface area contributed by atoms with Gasteiger partial charge in [0.2, 0.25) is 0 Å². The number of aromatic nitrogens is 1. The van der Waals surface area contributed by atoms with Crippen molar-refractivity contribution in [1.29, 1.82) is 0 Å². The Bertz CT molecular complexity index is 487. The van der Waals surface area contributed by atoms with E-state index in [0.717, 1.165) is 6.20 Å². The molecule has 1 fully saturated rings. The first-order valence-electron chi connectivity index (χ1n) is 5.44. The van der Waals surface area contributed by atoms with Gasteiger partial charge in [0, 0.05) is 12.7 Å². The number of nitro groups is 1. The van der Waals surface area contributed by atoms with E-state index in [1.54, 1.807) is 0 Å². The Morgan fingerprint density at radius 1 is 1.53 bits per heavy atom. The molecule has 1 saturated heterocycles. The lowest BCUT2D eigenvalue weighted by Crippen LogP contribution is -2.22. The van der Waals surface area contributed by atoms with Crippen LogP contribution in [0.5, 0.6) is 0 Å². The van der Waals surface area contributed by atoms with Crippen molar-refractivity contribution in [3.05, 3.63) is 27.9 Å². The monoisotopic (exact) mass is 277 g/mol. The average molecular weight is 277 g/mol. The predicted molar refractivity (Wildman–Crippen MR) is 58.7 cm³/mol. The number of pyridine rings is 1. The minimum absolute atomic E-state index is 0.268. The number of hydrogen-bond donors (Lipinski definition) is 1. The Morgan fingerprint density at radius 2 is 2.26 bits per heavy atom. The molecule has 1 aromatic heterocycles. The number of hydrogen-bond acceptors (Lipinski definition) is 5. The van der Waals surface area contributed by atoms with Crippen LogP contribution in [0.25, 0.3) is 0 Å². The van der Waals surface area contributed by atoms with Crippen molar-refractivity contribution >= 4 is 11.5 Å². The molecular formula is C10H10F3N3O3. The van der Waals surface area contributed by atoms with E-state index in [2.05, 4.69) is 10.3 Å². The van der Waals surface area contributed by atoms with E-state index < -0.39 is 28.2 Å². The van der Waals surface area contributed by atoms with Crippen LogP contribution in [0.2, 0.25) is 0 Å². The number of alkyl halides is 3. The van der Waals surface area contributed by atoms with Gasteiger partial charge in [0.15, 0.2) is 0 Å². The minimum atomic E-state index is -4.71. The van der Waals surface area contributed by atoms with Gasteiger partial charge in [-0.25, -0.2) is 4.98 Å². The molecule has 2 heterocycles. The van der Waals surface area contributed by atoms with E-state index >= 15 is 0 Å². The Labute approximate surface area is 105 Å². The summed E-state index contributed by atoms with van der Waals surface area (Å²) in [7, 11) is 0. The smallest absolute Gasteiger partial charge is 0.379 e. The molecule has 1 aromatic rings. The van der Waals surface area contributed by atoms with Crippen molar-refractivity contribution < 1.29 is 22.8 Å². The highest BCUT2D eigenvalue weighted by Gasteiger charge is 2.37. The zero-order chi connectivity index (χ0) is 14.0. The maximum absolute atomic E-state index is 12.8. The van der Waals surface area contributed by atoms with Crippen molar-refractivity contribution in [2.45, 2.75) is 18.6 Å². The predicted octanol–water partition coefficient (Wildman–Crippen LogP) is 2.21. The fourth-order valence-corrected chi connectivity index (χ4v) is 1.73. The second-order valence-corrected chi connectivity index (χ2v) is 4.05. The third kappa shape index (κ3) is 3.11. The molecule has 0 spiro atoms. The normalized spacial score (nSPS) is 19.4. The molecule has 104 valence electrons. The highest BCUT2D eigenvalue weighted by atomic mass is 19.4. The van der Waals surface area contributed by atoms with Crippen molar-refractivity contribution in [1.82, 2.24) is 4.98 Å². The van der Waals surface area contributed by atoms with Gasteiger partial charge >= 0.3 is 6.18 Å². The van der Waals surface area contributed by atoms with Crippen molar-refractivity contribution in [3.63, 3.8) is 0 Å². The Hall–Kier alpha value is -1.90. The van der Waals surface area contributed by atoms with Crippen LogP contribution in [0.4, 0.5) is 24.7 Å². The molecule has 1 atom stereocenters. The maximum atomic E-state index is 12.8. The summed E-state index contributed by atoms with van der Waals surface area (Å²) >= 11 is 0. The van der Waals surface area contributed by atoms with Gasteiger partial charge in [0.05, 0.1) is 17.6 Å². The Balaban J connectivity index is 2.33. The van der Waals surface area contributed by atoms with Gasteiger partial charge in [-0.2, -0.15) is 13.2 Å². The molecule has 0 aromatic carbocycles. The van der Waals surface area contributed by atoms with Gasteiger partial charge in [-0.15, -0.1) is 0 Å². The van der Waals surface area contributed by atoms with Gasteiger partial charge in [0.25, 0.3) is 5.69 Å². The summed E-state index contributed by atoms with van der Waals surface area (Å²) in [4.78, 5) is 13.1. The quantitative estimate of drug-likeness (QED) is 0.677. The maximum Gasteiger partial charge on any atom is 0.420 e. The van der Waals surface area contributed by atoms with Gasteiger partial charge in [-0.05, 0) is 6.42 Å². The molecule has 1 unspecified atom stereocenters. The first-order valence-corrected chi connectivity index (χ1v) is 5.44. The molecule has 0 radical (unpaired) electrons. The number of ether oxygens (including phenoxy) is 1. The summed E-state index contributed by atoms with van der Waals surface area (Å²) in [5.41, 5.74) is -1.84. The molecule has 0 amide bonds. The summed E-state index contributed by atoms with van der Waals surface area (Å²) in [6.45, 7) is 0.752. The summed E-state index contributed by atoms with van der Waals surface area (Å²) in [5, 5.41) is 13.1. The molecule has 0 bridgehead atoms. The van der Waals surface area contributed by atoms with Crippen LogP contribution in [0, 0.1) is 10.1 Å². The molecule has 1 aliphatic heterocycles. The first kappa shape index (κ1) is 13.5. The van der Waals surface area contributed by atoms with E-state index in [1.165, 1.54) is 0 Å². The first-order chi connectivity index (χ1) is 8.88. The minimum Gasteiger partial charge on any atom is -0.379 e. The van der Waals surface area contributed by atoms with Crippen molar-refractivity contribution in [2.24, 2.45) is 0 Å². The standard InChI is InChI=1S/C10H10F3N3O3/c11-10(12,13)8-3-7(16(17)18)4-14-9(8)15-6-1-2-19-5-6/h3-4,6H,1-2,5H2,(H,14,15). The molecule has 6 nitrogen and oxygen atoms in total. The molecule has 1 aliphatic rings. The molecule has 19 heavy (non-hydrogen) atoms. The molecule has 2 rings (SSSR count). The van der Waals surface area contributed by atoms with Crippen LogP contribution >= 0.6 is 0 Å². The number of halogens is 3. The van der Waals surface area contributed by atoms with E-state index in [1.807, 2.05) is 0 Å². The van der Waals surface area contributed by atoms with Crippen molar-refractivity contribution in [2.75, 3.05) is 18.5 Å². The van der Waals surface area contributed by atoms with Crippen LogP contribution in [0.3, 0.4) is 0 Å². The second-order valence-electron chi connectivity index (χ2n) is 4.05. The molecule has 0 aliphatic carbocycles. The molecule has 1 N–H and O–H groups in total. The lowest BCUT2D eigenvalue weighted by molar-refractivity contribution is -0.385. The van der Waals surface area contributed by atoms with E-state index in [-0.39, 0.29) is 12.6 Å². The van der Waals surface area contributed by atoms with Crippen LogP contribution in [0.15, 0.2) is 12.3 Å². The van der Waals surface area contributed by atoms with Gasteiger partial charge in [-0.3, -0.25) is 10.1 Å². The lowest BCUT2D eigenvalue weighted by atomic mass is 10.2. The summed E-state index contributed by atoms with van der Waals surface area (Å²) in [6, 6.07) is 0.209.